The quantitative estimate of drug-likeness (QED) is 0.292. The molecule has 1 unspecified atom stereocenters. The van der Waals surface area contributed by atoms with Crippen LogP contribution in [-0.2, 0) is 12.8 Å². The number of benzene rings is 2. The van der Waals surface area contributed by atoms with Crippen molar-refractivity contribution in [1.29, 1.82) is 0 Å². The minimum Gasteiger partial charge on any atom is -0.0952 e. The topological polar surface area (TPSA) is 0 Å². The van der Waals surface area contributed by atoms with Crippen LogP contribution in [0.4, 0.5) is 0 Å². The average Bonchev–Trinajstić information content (AvgIpc) is 3.59. The highest BCUT2D eigenvalue weighted by Crippen LogP contribution is 2.47. The van der Waals surface area contributed by atoms with Crippen molar-refractivity contribution in [2.75, 3.05) is 0 Å². The lowest BCUT2D eigenvalue weighted by molar-refractivity contribution is 0.405. The molecule has 0 heteroatoms. The molecule has 2 aliphatic carbocycles. The summed E-state index contributed by atoms with van der Waals surface area (Å²) in [5.74, 6) is 1.59. The van der Waals surface area contributed by atoms with Gasteiger partial charge in [0.25, 0.3) is 0 Å². The molecular weight excluding hydrogens is 468 g/mol. The van der Waals surface area contributed by atoms with Crippen molar-refractivity contribution in [3.05, 3.63) is 107 Å². The van der Waals surface area contributed by atoms with E-state index < -0.39 is 0 Å². The summed E-state index contributed by atoms with van der Waals surface area (Å²) in [7, 11) is 0. The fourth-order valence-electron chi connectivity index (χ4n) is 6.16. The number of hydrogen-bond acceptors (Lipinski definition) is 0. The fraction of sp³-hybridized carbons (Fsp3) is 0.487. The van der Waals surface area contributed by atoms with Crippen molar-refractivity contribution in [2.24, 2.45) is 22.7 Å². The Labute approximate surface area is 240 Å². The number of hydrogen-bond donors (Lipinski definition) is 0. The Morgan fingerprint density at radius 1 is 0.821 bits per heavy atom. The molecule has 0 amide bonds. The van der Waals surface area contributed by atoms with Crippen molar-refractivity contribution in [1.82, 2.24) is 0 Å². The summed E-state index contributed by atoms with van der Waals surface area (Å²) in [6.45, 7) is 27.5. The molecule has 1 saturated carbocycles. The third kappa shape index (κ3) is 7.97. The van der Waals surface area contributed by atoms with Gasteiger partial charge in [0.15, 0.2) is 0 Å². The highest BCUT2D eigenvalue weighted by atomic mass is 14.4. The van der Waals surface area contributed by atoms with Gasteiger partial charge in [0, 0.05) is 5.92 Å². The average molecular weight is 521 g/mol. The van der Waals surface area contributed by atoms with E-state index in [9.17, 15) is 0 Å². The van der Waals surface area contributed by atoms with Crippen LogP contribution in [0, 0.1) is 22.7 Å². The molecule has 4 rings (SSSR count). The Bertz CT molecular complexity index is 1220. The molecule has 0 bridgehead atoms. The Balaban J connectivity index is 1.58. The van der Waals surface area contributed by atoms with Gasteiger partial charge < -0.3 is 0 Å². The molecule has 1 fully saturated rings. The fourth-order valence-corrected chi connectivity index (χ4v) is 6.16. The first kappa shape index (κ1) is 29.4. The predicted molar refractivity (Wildman–Crippen MR) is 173 cm³/mol. The molecule has 0 N–H and O–H groups in total. The first-order valence-corrected chi connectivity index (χ1v) is 15.2. The zero-order chi connectivity index (χ0) is 28.5. The summed E-state index contributed by atoms with van der Waals surface area (Å²) in [5, 5.41) is 0. The maximum absolute atomic E-state index is 4.66. The van der Waals surface area contributed by atoms with Crippen LogP contribution in [0.2, 0.25) is 0 Å². The smallest absolute Gasteiger partial charge is 0.0240 e. The summed E-state index contributed by atoms with van der Waals surface area (Å²) in [6, 6.07) is 16.5. The van der Waals surface area contributed by atoms with Crippen LogP contribution in [0.15, 0.2) is 78.9 Å². The van der Waals surface area contributed by atoms with Gasteiger partial charge >= 0.3 is 0 Å². The normalized spacial score (nSPS) is 18.5. The molecular formula is C39H52. The van der Waals surface area contributed by atoms with Crippen LogP contribution in [-0.4, -0.2) is 0 Å². The van der Waals surface area contributed by atoms with Crippen LogP contribution in [0.3, 0.4) is 0 Å². The van der Waals surface area contributed by atoms with E-state index in [1.165, 1.54) is 51.8 Å². The highest BCUT2D eigenvalue weighted by molar-refractivity contribution is 5.66. The summed E-state index contributed by atoms with van der Waals surface area (Å²) >= 11 is 0. The predicted octanol–water partition coefficient (Wildman–Crippen LogP) is 11.4. The third-order valence-electron chi connectivity index (χ3n) is 8.26. The van der Waals surface area contributed by atoms with Crippen molar-refractivity contribution in [3.63, 3.8) is 0 Å². The summed E-state index contributed by atoms with van der Waals surface area (Å²) in [6.07, 6.45) is 11.9. The van der Waals surface area contributed by atoms with Crippen LogP contribution >= 0.6 is 0 Å². The van der Waals surface area contributed by atoms with E-state index in [2.05, 4.69) is 123 Å². The van der Waals surface area contributed by atoms with Crippen LogP contribution in [0.1, 0.15) is 115 Å². The standard InChI is InChI=1S/C39H52/c1-11-26(2)31-12-16-33(17-13-31)37-23-35(32-14-15-32)22-36(37)28(4)18-27(3)34-20-29(24-38(5,6)7)19-30(21-34)25-39(8,9)10/h12-13,16-17,19-23,28,32,37H,2-3,11,14-15,18,24-25H2,1,4-10H3/t28-,37?/m1/s1. The largest absolute Gasteiger partial charge is 0.0952 e. The lowest BCUT2D eigenvalue weighted by Gasteiger charge is -2.24. The van der Waals surface area contributed by atoms with Gasteiger partial charge in [-0.15, -0.1) is 0 Å². The molecule has 2 atom stereocenters. The molecule has 39 heavy (non-hydrogen) atoms. The number of allylic oxidation sites excluding steroid dienone is 6. The third-order valence-corrected chi connectivity index (χ3v) is 8.26. The van der Waals surface area contributed by atoms with Gasteiger partial charge in [-0.05, 0) is 106 Å². The molecule has 2 aromatic carbocycles. The maximum atomic E-state index is 4.66. The van der Waals surface area contributed by atoms with E-state index >= 15 is 0 Å². The van der Waals surface area contributed by atoms with Gasteiger partial charge in [-0.25, -0.2) is 0 Å². The molecule has 0 aromatic heterocycles. The minimum absolute atomic E-state index is 0.262. The van der Waals surface area contributed by atoms with Gasteiger partial charge in [-0.1, -0.05) is 129 Å². The van der Waals surface area contributed by atoms with Gasteiger partial charge in [-0.3, -0.25) is 0 Å². The van der Waals surface area contributed by atoms with E-state index in [1.807, 2.05) is 0 Å². The summed E-state index contributed by atoms with van der Waals surface area (Å²) in [5.41, 5.74) is 13.0. The molecule has 2 aliphatic rings. The molecule has 0 aliphatic heterocycles. The van der Waals surface area contributed by atoms with Gasteiger partial charge in [0.2, 0.25) is 0 Å². The molecule has 0 radical (unpaired) electrons. The lowest BCUT2D eigenvalue weighted by atomic mass is 9.80. The van der Waals surface area contributed by atoms with Gasteiger partial charge in [0.05, 0.1) is 0 Å². The van der Waals surface area contributed by atoms with Crippen molar-refractivity contribution >= 4 is 11.1 Å². The number of rotatable bonds is 10. The molecule has 0 nitrogen and oxygen atoms in total. The van der Waals surface area contributed by atoms with E-state index in [1.54, 1.807) is 11.1 Å². The highest BCUT2D eigenvalue weighted by Gasteiger charge is 2.32. The first-order chi connectivity index (χ1) is 18.2. The Morgan fingerprint density at radius 3 is 1.87 bits per heavy atom. The summed E-state index contributed by atoms with van der Waals surface area (Å²) in [4.78, 5) is 0. The SMILES string of the molecule is C=C(CC)c1ccc(C2C=C(C3CC3)C=C2[C@H](C)CC(=C)c2cc(CC(C)(C)C)cc(CC(C)(C)C)c2)cc1. The van der Waals surface area contributed by atoms with E-state index in [0.29, 0.717) is 11.8 Å². The zero-order valence-corrected chi connectivity index (χ0v) is 26.1. The van der Waals surface area contributed by atoms with Gasteiger partial charge in [0.1, 0.15) is 0 Å². The second-order valence-electron chi connectivity index (χ2n) is 14.9. The van der Waals surface area contributed by atoms with Crippen LogP contribution < -0.4 is 0 Å². The minimum atomic E-state index is 0.262. The second kappa shape index (κ2) is 11.5. The zero-order valence-electron chi connectivity index (χ0n) is 26.1. The molecule has 0 heterocycles. The van der Waals surface area contributed by atoms with E-state index in [0.717, 1.165) is 31.6 Å². The lowest BCUT2D eigenvalue weighted by Crippen LogP contribution is -2.13. The maximum Gasteiger partial charge on any atom is 0.0240 e. The molecule has 0 spiro atoms. The van der Waals surface area contributed by atoms with Crippen LogP contribution in [0.5, 0.6) is 0 Å². The van der Waals surface area contributed by atoms with Crippen molar-refractivity contribution in [2.45, 2.75) is 99.8 Å². The second-order valence-corrected chi connectivity index (χ2v) is 14.9. The Kier molecular flexibility index (Phi) is 8.65. The molecule has 0 saturated heterocycles. The van der Waals surface area contributed by atoms with E-state index in [4.69, 9.17) is 0 Å². The monoisotopic (exact) mass is 520 g/mol. The van der Waals surface area contributed by atoms with Crippen molar-refractivity contribution in [3.8, 4) is 0 Å². The van der Waals surface area contributed by atoms with Gasteiger partial charge in [-0.2, -0.15) is 0 Å². The molecule has 2 aromatic rings. The first-order valence-electron chi connectivity index (χ1n) is 15.2. The van der Waals surface area contributed by atoms with Crippen molar-refractivity contribution < 1.29 is 0 Å². The molecule has 208 valence electrons. The Hall–Kier alpha value is -2.60. The Morgan fingerprint density at radius 2 is 1.38 bits per heavy atom. The van der Waals surface area contributed by atoms with E-state index in [-0.39, 0.29) is 10.8 Å². The summed E-state index contributed by atoms with van der Waals surface area (Å²) < 4.78 is 0. The van der Waals surface area contributed by atoms with Crippen LogP contribution in [0.25, 0.3) is 11.1 Å².